The van der Waals surface area contributed by atoms with E-state index >= 15 is 0 Å². The van der Waals surface area contributed by atoms with Gasteiger partial charge in [-0.2, -0.15) is 0 Å². The molecule has 0 fully saturated rings. The first-order valence-corrected chi connectivity index (χ1v) is 6.08. The summed E-state index contributed by atoms with van der Waals surface area (Å²) in [6.45, 7) is 0. The molecule has 2 aromatic rings. The summed E-state index contributed by atoms with van der Waals surface area (Å²) in [4.78, 5) is 7.48. The number of halogens is 1. The predicted octanol–water partition coefficient (Wildman–Crippen LogP) is 2.05. The second-order valence-electron chi connectivity index (χ2n) is 1.57. The number of hydrogen-bond donors (Lipinski definition) is 1. The smallest absolute Gasteiger partial charge is 0.0814 e. The number of aromatic nitrogens is 2. The van der Waals surface area contributed by atoms with Gasteiger partial charge in [-0.15, -0.1) is 35.1 Å². The van der Waals surface area contributed by atoms with Crippen molar-refractivity contribution in [2.75, 3.05) is 0 Å². The molecule has 0 aliphatic heterocycles. The summed E-state index contributed by atoms with van der Waals surface area (Å²) in [5.74, 6) is 0. The van der Waals surface area contributed by atoms with Crippen LogP contribution in [-0.4, -0.2) is 23.3 Å². The summed E-state index contributed by atoms with van der Waals surface area (Å²) in [7, 11) is 0. The van der Waals surface area contributed by atoms with Crippen molar-refractivity contribution in [3.8, 4) is 0 Å². The van der Waals surface area contributed by atoms with Crippen molar-refractivity contribution in [3.63, 3.8) is 0 Å². The standard InChI is InChI=1S/2C3H3NS.ClH.H2O3S/c2*1-2-5-3-4-1;;1-4(2)3/h2*1-3H;1H;(H2,1,2,3)/p-1. The minimum atomic E-state index is -2.86. The number of rotatable bonds is 0. The highest BCUT2D eigenvalue weighted by atomic mass is 35.5. The quantitative estimate of drug-likeness (QED) is 0.749. The Hall–Kier alpha value is -0.380. The van der Waals surface area contributed by atoms with Crippen LogP contribution in [0.5, 0.6) is 0 Å². The fraction of sp³-hybridized carbons (Fsp3) is 0. The Bertz CT molecular complexity index is 239. The van der Waals surface area contributed by atoms with E-state index in [-0.39, 0.29) is 12.4 Å². The van der Waals surface area contributed by atoms with Gasteiger partial charge in [0.2, 0.25) is 0 Å². The first kappa shape index (κ1) is 17.0. The van der Waals surface area contributed by atoms with Crippen molar-refractivity contribution >= 4 is 46.4 Å². The van der Waals surface area contributed by atoms with Crippen molar-refractivity contribution in [1.82, 2.24) is 9.97 Å². The molecule has 2 heterocycles. The van der Waals surface area contributed by atoms with Crippen LogP contribution in [0.1, 0.15) is 0 Å². The van der Waals surface area contributed by atoms with Gasteiger partial charge in [-0.3, -0.25) is 9.97 Å². The van der Waals surface area contributed by atoms with Crippen LogP contribution in [-0.2, 0) is 11.4 Å². The van der Waals surface area contributed by atoms with E-state index in [1.54, 1.807) is 46.1 Å². The van der Waals surface area contributed by atoms with E-state index in [0.717, 1.165) is 0 Å². The molecule has 0 radical (unpaired) electrons. The normalized spacial score (nSPS) is 9.47. The number of hydrogen-bond acceptors (Lipinski definition) is 6. The summed E-state index contributed by atoms with van der Waals surface area (Å²) < 4.78 is 24.1. The third kappa shape index (κ3) is 19.9. The zero-order valence-corrected chi connectivity index (χ0v) is 10.5. The van der Waals surface area contributed by atoms with E-state index in [4.69, 9.17) is 13.3 Å². The lowest BCUT2D eigenvalue weighted by atomic mass is 11.0. The fourth-order valence-electron chi connectivity index (χ4n) is 0.351. The lowest BCUT2D eigenvalue weighted by molar-refractivity contribution is 0.436. The van der Waals surface area contributed by atoms with Crippen molar-refractivity contribution in [2.24, 2.45) is 0 Å². The first-order chi connectivity index (χ1) is 6.73. The summed E-state index contributed by atoms with van der Waals surface area (Å²) in [5, 5.41) is 3.86. The van der Waals surface area contributed by atoms with Crippen molar-refractivity contribution in [2.45, 2.75) is 0 Å². The van der Waals surface area contributed by atoms with Crippen molar-refractivity contribution < 1.29 is 13.3 Å². The Balaban J connectivity index is 0. The molecule has 86 valence electrons. The van der Waals surface area contributed by atoms with Gasteiger partial charge in [0.15, 0.2) is 0 Å². The Morgan fingerprint density at radius 2 is 1.47 bits per heavy atom. The topological polar surface area (TPSA) is 86.1 Å². The van der Waals surface area contributed by atoms with Crippen LogP contribution in [0, 0.1) is 0 Å². The molecule has 0 saturated carbocycles. The van der Waals surface area contributed by atoms with Gasteiger partial charge < -0.3 is 9.11 Å². The van der Waals surface area contributed by atoms with E-state index < -0.39 is 11.4 Å². The Kier molecular flexibility index (Phi) is 15.5. The molecule has 2 aromatic heterocycles. The van der Waals surface area contributed by atoms with Gasteiger partial charge in [-0.25, -0.2) is 4.21 Å². The van der Waals surface area contributed by atoms with E-state index in [1.165, 1.54) is 0 Å². The Morgan fingerprint density at radius 3 is 1.53 bits per heavy atom. The average molecular weight is 288 g/mol. The minimum Gasteiger partial charge on any atom is -0.750 e. The van der Waals surface area contributed by atoms with Crippen LogP contribution in [0.3, 0.4) is 0 Å². The summed E-state index contributed by atoms with van der Waals surface area (Å²) in [5.41, 5.74) is 3.58. The Labute approximate surface area is 104 Å². The van der Waals surface area contributed by atoms with Gasteiger partial charge in [0.25, 0.3) is 0 Å². The molecule has 1 unspecified atom stereocenters. The number of nitrogens with zero attached hydrogens (tertiary/aromatic N) is 2. The molecule has 0 bridgehead atoms. The second kappa shape index (κ2) is 13.6. The SMILES string of the molecule is Cl.O=S([O-])O.c1cscn1.c1cscn1. The molecular formula is C6H8ClN2O3S3-. The van der Waals surface area contributed by atoms with Crippen LogP contribution in [0.15, 0.2) is 34.2 Å². The predicted molar refractivity (Wildman–Crippen MR) is 63.0 cm³/mol. The summed E-state index contributed by atoms with van der Waals surface area (Å²) in [6, 6.07) is 0. The highest BCUT2D eigenvalue weighted by molar-refractivity contribution is 7.73. The van der Waals surface area contributed by atoms with Crippen LogP contribution >= 0.6 is 35.1 Å². The molecule has 15 heavy (non-hydrogen) atoms. The van der Waals surface area contributed by atoms with Crippen LogP contribution < -0.4 is 0 Å². The highest BCUT2D eigenvalue weighted by Gasteiger charge is 1.59. The third-order valence-corrected chi connectivity index (χ3v) is 1.74. The van der Waals surface area contributed by atoms with Gasteiger partial charge >= 0.3 is 0 Å². The fourth-order valence-corrected chi connectivity index (χ4v) is 1.05. The molecule has 0 aromatic carbocycles. The van der Waals surface area contributed by atoms with E-state index in [1.807, 2.05) is 10.8 Å². The zero-order chi connectivity index (χ0) is 10.6. The second-order valence-corrected chi connectivity index (χ2v) is 3.51. The minimum absolute atomic E-state index is 0. The summed E-state index contributed by atoms with van der Waals surface area (Å²) >= 11 is 0.343. The molecule has 0 amide bonds. The highest BCUT2D eigenvalue weighted by Crippen LogP contribution is 1.86. The molecule has 0 spiro atoms. The van der Waals surface area contributed by atoms with Gasteiger partial charge in [-0.05, 0) is 0 Å². The molecule has 0 saturated heterocycles. The molecule has 5 nitrogen and oxygen atoms in total. The van der Waals surface area contributed by atoms with Crippen LogP contribution in [0.2, 0.25) is 0 Å². The number of thiazole rings is 2. The Morgan fingerprint density at radius 1 is 1.13 bits per heavy atom. The summed E-state index contributed by atoms with van der Waals surface area (Å²) in [6.07, 6.45) is 3.54. The lowest BCUT2D eigenvalue weighted by Crippen LogP contribution is -1.75. The van der Waals surface area contributed by atoms with Crippen molar-refractivity contribution in [1.29, 1.82) is 0 Å². The lowest BCUT2D eigenvalue weighted by Gasteiger charge is -1.83. The molecule has 0 aliphatic rings. The molecule has 1 atom stereocenters. The molecular weight excluding hydrogens is 280 g/mol. The van der Waals surface area contributed by atoms with Crippen LogP contribution in [0.4, 0.5) is 0 Å². The zero-order valence-electron chi connectivity index (χ0n) is 7.26. The van der Waals surface area contributed by atoms with Gasteiger partial charge in [0.1, 0.15) is 0 Å². The maximum Gasteiger partial charge on any atom is 0.0814 e. The van der Waals surface area contributed by atoms with Gasteiger partial charge in [-0.1, -0.05) is 0 Å². The maximum absolute atomic E-state index is 8.56. The monoisotopic (exact) mass is 287 g/mol. The maximum atomic E-state index is 8.56. The first-order valence-electron chi connectivity index (χ1n) is 3.16. The van der Waals surface area contributed by atoms with E-state index in [2.05, 4.69) is 9.97 Å². The van der Waals surface area contributed by atoms with E-state index in [0.29, 0.717) is 0 Å². The van der Waals surface area contributed by atoms with Gasteiger partial charge in [0, 0.05) is 23.2 Å². The molecule has 0 aliphatic carbocycles. The van der Waals surface area contributed by atoms with Crippen molar-refractivity contribution in [3.05, 3.63) is 34.2 Å². The average Bonchev–Trinajstić information content (AvgIpc) is 2.83. The molecule has 9 heteroatoms. The molecule has 2 rings (SSSR count). The van der Waals surface area contributed by atoms with Gasteiger partial charge in [0.05, 0.1) is 22.4 Å². The third-order valence-electron chi connectivity index (χ3n) is 0.694. The molecule has 1 N–H and O–H groups in total. The largest absolute Gasteiger partial charge is 0.750 e. The van der Waals surface area contributed by atoms with Crippen LogP contribution in [0.25, 0.3) is 0 Å². The van der Waals surface area contributed by atoms with E-state index in [9.17, 15) is 0 Å².